The molecule has 5 heteroatoms. The van der Waals surface area contributed by atoms with E-state index >= 15 is 0 Å². The molecule has 0 saturated carbocycles. The van der Waals surface area contributed by atoms with Gasteiger partial charge in [0.2, 0.25) is 0 Å². The van der Waals surface area contributed by atoms with Gasteiger partial charge in [-0.3, -0.25) is 4.98 Å². The van der Waals surface area contributed by atoms with Crippen molar-refractivity contribution in [3.05, 3.63) is 18.1 Å². The predicted molar refractivity (Wildman–Crippen MR) is 71.6 cm³/mol. The Balaban J connectivity index is 1.94. The van der Waals surface area contributed by atoms with Crippen molar-refractivity contribution < 1.29 is 4.74 Å². The maximum absolute atomic E-state index is 5.22. The summed E-state index contributed by atoms with van der Waals surface area (Å²) < 4.78 is 5.22. The molecule has 1 N–H and O–H groups in total. The molecule has 100 valence electrons. The lowest BCUT2D eigenvalue weighted by molar-refractivity contribution is 0.139. The Morgan fingerprint density at radius 3 is 2.83 bits per heavy atom. The van der Waals surface area contributed by atoms with Gasteiger partial charge in [-0.1, -0.05) is 0 Å². The standard InChI is InChI=1S/C13H22N4O/c1-14-7-12-8-15-9-13(16-12)17-5-3-11(4-6-17)10-18-2/h8-9,11,14H,3-7,10H2,1-2H3. The van der Waals surface area contributed by atoms with Gasteiger partial charge >= 0.3 is 0 Å². The molecule has 1 saturated heterocycles. The van der Waals surface area contributed by atoms with Crippen LogP contribution < -0.4 is 10.2 Å². The molecule has 0 radical (unpaired) electrons. The highest BCUT2D eigenvalue weighted by Gasteiger charge is 2.20. The zero-order valence-corrected chi connectivity index (χ0v) is 11.2. The van der Waals surface area contributed by atoms with Crippen LogP contribution in [0.15, 0.2) is 12.4 Å². The summed E-state index contributed by atoms with van der Waals surface area (Å²) in [5, 5.41) is 3.10. The molecule has 1 aromatic rings. The van der Waals surface area contributed by atoms with Crippen LogP contribution in [0, 0.1) is 5.92 Å². The molecule has 0 aromatic carbocycles. The van der Waals surface area contributed by atoms with Gasteiger partial charge in [-0.15, -0.1) is 0 Å². The summed E-state index contributed by atoms with van der Waals surface area (Å²) in [4.78, 5) is 11.2. The molecule has 5 nitrogen and oxygen atoms in total. The number of nitrogens with one attached hydrogen (secondary N) is 1. The highest BCUT2D eigenvalue weighted by molar-refractivity contribution is 5.36. The van der Waals surface area contributed by atoms with Crippen LogP contribution in [0.4, 0.5) is 5.82 Å². The first kappa shape index (κ1) is 13.2. The fourth-order valence-corrected chi connectivity index (χ4v) is 2.38. The molecule has 2 rings (SSSR count). The summed E-state index contributed by atoms with van der Waals surface area (Å²) in [5.41, 5.74) is 0.994. The molecule has 1 aliphatic heterocycles. The Bertz CT molecular complexity index is 364. The van der Waals surface area contributed by atoms with Crippen LogP contribution in [0.2, 0.25) is 0 Å². The van der Waals surface area contributed by atoms with Gasteiger partial charge in [-0.25, -0.2) is 4.98 Å². The second-order valence-corrected chi connectivity index (χ2v) is 4.78. The van der Waals surface area contributed by atoms with E-state index in [1.165, 1.54) is 12.8 Å². The van der Waals surface area contributed by atoms with Gasteiger partial charge in [0.25, 0.3) is 0 Å². The molecule has 0 bridgehead atoms. The third-order valence-electron chi connectivity index (χ3n) is 3.37. The van der Waals surface area contributed by atoms with E-state index in [0.717, 1.165) is 37.8 Å². The minimum absolute atomic E-state index is 0.694. The normalized spacial score (nSPS) is 17.1. The van der Waals surface area contributed by atoms with Gasteiger partial charge in [0.1, 0.15) is 5.82 Å². The Labute approximate surface area is 109 Å². The van der Waals surface area contributed by atoms with Gasteiger partial charge in [0.05, 0.1) is 11.9 Å². The summed E-state index contributed by atoms with van der Waals surface area (Å²) in [7, 11) is 3.70. The Morgan fingerprint density at radius 2 is 2.17 bits per heavy atom. The average molecular weight is 250 g/mol. The van der Waals surface area contributed by atoms with Crippen LogP contribution in [0.3, 0.4) is 0 Å². The van der Waals surface area contributed by atoms with Crippen molar-refractivity contribution in [3.8, 4) is 0 Å². The van der Waals surface area contributed by atoms with Crippen LogP contribution in [0.1, 0.15) is 18.5 Å². The van der Waals surface area contributed by atoms with E-state index in [9.17, 15) is 0 Å². The summed E-state index contributed by atoms with van der Waals surface area (Å²) in [6, 6.07) is 0. The quantitative estimate of drug-likeness (QED) is 0.847. The van der Waals surface area contributed by atoms with E-state index in [1.807, 2.05) is 19.4 Å². The zero-order chi connectivity index (χ0) is 12.8. The first-order chi connectivity index (χ1) is 8.83. The maximum Gasteiger partial charge on any atom is 0.147 e. The van der Waals surface area contributed by atoms with E-state index in [4.69, 9.17) is 4.74 Å². The van der Waals surface area contributed by atoms with Gasteiger partial charge in [-0.2, -0.15) is 0 Å². The molecule has 0 spiro atoms. The number of ether oxygens (including phenoxy) is 1. The second kappa shape index (κ2) is 6.66. The Morgan fingerprint density at radius 1 is 1.39 bits per heavy atom. The van der Waals surface area contributed by atoms with Crippen molar-refractivity contribution in [1.82, 2.24) is 15.3 Å². The van der Waals surface area contributed by atoms with Crippen LogP contribution in [-0.2, 0) is 11.3 Å². The first-order valence-corrected chi connectivity index (χ1v) is 6.53. The molecule has 0 unspecified atom stereocenters. The number of rotatable bonds is 5. The monoisotopic (exact) mass is 250 g/mol. The van der Waals surface area contributed by atoms with E-state index in [0.29, 0.717) is 5.92 Å². The van der Waals surface area contributed by atoms with Crippen molar-refractivity contribution in [2.75, 3.05) is 38.8 Å². The molecule has 1 aliphatic rings. The number of hydrogen-bond acceptors (Lipinski definition) is 5. The topological polar surface area (TPSA) is 50.3 Å². The number of hydrogen-bond donors (Lipinski definition) is 1. The number of anilines is 1. The lowest BCUT2D eigenvalue weighted by Crippen LogP contribution is -2.35. The molecular formula is C13H22N4O. The molecule has 1 fully saturated rings. The van der Waals surface area contributed by atoms with E-state index in [-0.39, 0.29) is 0 Å². The highest BCUT2D eigenvalue weighted by atomic mass is 16.5. The van der Waals surface area contributed by atoms with Crippen molar-refractivity contribution in [1.29, 1.82) is 0 Å². The lowest BCUT2D eigenvalue weighted by atomic mass is 9.98. The fraction of sp³-hybridized carbons (Fsp3) is 0.692. The Kier molecular flexibility index (Phi) is 4.90. The van der Waals surface area contributed by atoms with Gasteiger partial charge in [0.15, 0.2) is 0 Å². The largest absolute Gasteiger partial charge is 0.384 e. The summed E-state index contributed by atoms with van der Waals surface area (Å²) in [5.74, 6) is 1.69. The summed E-state index contributed by atoms with van der Waals surface area (Å²) in [6.45, 7) is 3.73. The number of methoxy groups -OCH3 is 1. The molecule has 0 amide bonds. The third-order valence-corrected chi connectivity index (χ3v) is 3.37. The highest BCUT2D eigenvalue weighted by Crippen LogP contribution is 2.21. The van der Waals surface area contributed by atoms with Crippen molar-refractivity contribution >= 4 is 5.82 Å². The van der Waals surface area contributed by atoms with Crippen LogP contribution in [0.25, 0.3) is 0 Å². The molecule has 2 heterocycles. The van der Waals surface area contributed by atoms with Crippen LogP contribution >= 0.6 is 0 Å². The van der Waals surface area contributed by atoms with Crippen LogP contribution in [0.5, 0.6) is 0 Å². The van der Waals surface area contributed by atoms with Gasteiger partial charge < -0.3 is 15.0 Å². The number of piperidine rings is 1. The summed E-state index contributed by atoms with van der Waals surface area (Å²) in [6.07, 6.45) is 6.02. The zero-order valence-electron chi connectivity index (χ0n) is 11.2. The SMILES string of the molecule is CNCc1cncc(N2CCC(COC)CC2)n1. The van der Waals surface area contributed by atoms with E-state index in [1.54, 1.807) is 7.11 Å². The predicted octanol–water partition coefficient (Wildman–Crippen LogP) is 1.06. The van der Waals surface area contributed by atoms with Crippen molar-refractivity contribution in [2.45, 2.75) is 19.4 Å². The maximum atomic E-state index is 5.22. The minimum atomic E-state index is 0.694. The van der Waals surface area contributed by atoms with Gasteiger partial charge in [0, 0.05) is 39.5 Å². The second-order valence-electron chi connectivity index (χ2n) is 4.78. The van der Waals surface area contributed by atoms with Crippen molar-refractivity contribution in [3.63, 3.8) is 0 Å². The number of nitrogens with zero attached hydrogens (tertiary/aromatic N) is 3. The average Bonchev–Trinajstić information content (AvgIpc) is 2.41. The fourth-order valence-electron chi connectivity index (χ4n) is 2.38. The Hall–Kier alpha value is -1.20. The van der Waals surface area contributed by atoms with E-state index < -0.39 is 0 Å². The smallest absolute Gasteiger partial charge is 0.147 e. The molecule has 1 aromatic heterocycles. The number of aromatic nitrogens is 2. The summed E-state index contributed by atoms with van der Waals surface area (Å²) >= 11 is 0. The lowest BCUT2D eigenvalue weighted by Gasteiger charge is -2.32. The molecule has 0 aliphatic carbocycles. The molecule has 0 atom stereocenters. The van der Waals surface area contributed by atoms with Gasteiger partial charge in [-0.05, 0) is 25.8 Å². The van der Waals surface area contributed by atoms with Crippen molar-refractivity contribution in [2.24, 2.45) is 5.92 Å². The van der Waals surface area contributed by atoms with E-state index in [2.05, 4.69) is 20.2 Å². The minimum Gasteiger partial charge on any atom is -0.384 e. The van der Waals surface area contributed by atoms with Crippen LogP contribution in [-0.4, -0.2) is 43.8 Å². The molecular weight excluding hydrogens is 228 g/mol. The first-order valence-electron chi connectivity index (χ1n) is 6.53. The molecule has 18 heavy (non-hydrogen) atoms. The third kappa shape index (κ3) is 3.40.